The third-order valence-electron chi connectivity index (χ3n) is 2.69. The first-order chi connectivity index (χ1) is 9.78. The molecule has 0 saturated heterocycles. The minimum Gasteiger partial charge on any atom is -0.492 e. The van der Waals surface area contributed by atoms with E-state index in [0.29, 0.717) is 13.2 Å². The molecule has 5 nitrogen and oxygen atoms in total. The van der Waals surface area contributed by atoms with Crippen LogP contribution in [0.3, 0.4) is 0 Å². The van der Waals surface area contributed by atoms with Crippen LogP contribution in [0.15, 0.2) is 36.7 Å². The van der Waals surface area contributed by atoms with Gasteiger partial charge in [0.05, 0.1) is 6.54 Å². The maximum atomic E-state index is 5.66. The van der Waals surface area contributed by atoms with Crippen molar-refractivity contribution in [2.24, 2.45) is 0 Å². The Labute approximate surface area is 119 Å². The van der Waals surface area contributed by atoms with Gasteiger partial charge in [-0.3, -0.25) is 0 Å². The minimum atomic E-state index is 0.587. The Morgan fingerprint density at radius 2 is 1.90 bits per heavy atom. The van der Waals surface area contributed by atoms with Crippen LogP contribution in [0, 0.1) is 6.92 Å². The van der Waals surface area contributed by atoms with Crippen LogP contribution in [-0.4, -0.2) is 29.7 Å². The van der Waals surface area contributed by atoms with Crippen LogP contribution < -0.4 is 15.4 Å². The average Bonchev–Trinajstić information content (AvgIpc) is 2.45. The van der Waals surface area contributed by atoms with Gasteiger partial charge in [0.15, 0.2) is 0 Å². The standard InChI is InChI=1S/C15H20N4O/c1-3-16-14-10-15(19-11-18-14)17-7-8-20-13-6-4-5-12(2)9-13/h4-6,9-11H,3,7-8H2,1-2H3,(H2,16,17,18,19). The van der Waals surface area contributed by atoms with Gasteiger partial charge in [-0.1, -0.05) is 12.1 Å². The molecule has 0 unspecified atom stereocenters. The fraction of sp³-hybridized carbons (Fsp3) is 0.333. The number of benzene rings is 1. The normalized spacial score (nSPS) is 10.1. The van der Waals surface area contributed by atoms with E-state index in [4.69, 9.17) is 4.74 Å². The van der Waals surface area contributed by atoms with Gasteiger partial charge in [-0.25, -0.2) is 9.97 Å². The van der Waals surface area contributed by atoms with E-state index in [1.165, 1.54) is 5.56 Å². The van der Waals surface area contributed by atoms with Gasteiger partial charge >= 0.3 is 0 Å². The zero-order valence-corrected chi connectivity index (χ0v) is 11.9. The highest BCUT2D eigenvalue weighted by Gasteiger charge is 1.98. The molecule has 0 aliphatic rings. The molecule has 2 N–H and O–H groups in total. The van der Waals surface area contributed by atoms with Crippen molar-refractivity contribution in [3.8, 4) is 5.75 Å². The lowest BCUT2D eigenvalue weighted by molar-refractivity contribution is 0.332. The number of nitrogens with zero attached hydrogens (tertiary/aromatic N) is 2. The van der Waals surface area contributed by atoms with Gasteiger partial charge in [-0.2, -0.15) is 0 Å². The summed E-state index contributed by atoms with van der Waals surface area (Å²) in [5, 5.41) is 6.36. The zero-order chi connectivity index (χ0) is 14.2. The van der Waals surface area contributed by atoms with Crippen LogP contribution in [0.1, 0.15) is 12.5 Å². The summed E-state index contributed by atoms with van der Waals surface area (Å²) >= 11 is 0. The van der Waals surface area contributed by atoms with Gasteiger partial charge < -0.3 is 15.4 Å². The second kappa shape index (κ2) is 7.33. The number of ether oxygens (including phenoxy) is 1. The third-order valence-corrected chi connectivity index (χ3v) is 2.69. The Kier molecular flexibility index (Phi) is 5.17. The summed E-state index contributed by atoms with van der Waals surface area (Å²) in [6, 6.07) is 9.91. The average molecular weight is 272 g/mol. The van der Waals surface area contributed by atoms with Crippen LogP contribution in [0.4, 0.5) is 11.6 Å². The molecule has 106 valence electrons. The van der Waals surface area contributed by atoms with Gasteiger partial charge in [-0.05, 0) is 31.5 Å². The number of aryl methyl sites for hydroxylation is 1. The van der Waals surface area contributed by atoms with Crippen molar-refractivity contribution < 1.29 is 4.74 Å². The Bertz CT molecular complexity index is 545. The molecule has 1 aromatic carbocycles. The summed E-state index contributed by atoms with van der Waals surface area (Å²) in [5.74, 6) is 2.51. The van der Waals surface area contributed by atoms with E-state index in [1.54, 1.807) is 6.33 Å². The summed E-state index contributed by atoms with van der Waals surface area (Å²) < 4.78 is 5.66. The maximum absolute atomic E-state index is 5.66. The first-order valence-electron chi connectivity index (χ1n) is 6.77. The van der Waals surface area contributed by atoms with Gasteiger partial charge in [-0.15, -0.1) is 0 Å². The molecule has 2 aromatic rings. The second-order valence-electron chi connectivity index (χ2n) is 4.41. The molecule has 0 radical (unpaired) electrons. The van der Waals surface area contributed by atoms with Crippen molar-refractivity contribution in [3.05, 3.63) is 42.2 Å². The fourth-order valence-electron chi connectivity index (χ4n) is 1.78. The molecule has 0 atom stereocenters. The number of anilines is 2. The van der Waals surface area contributed by atoms with Gasteiger partial charge in [0, 0.05) is 12.6 Å². The SMILES string of the molecule is CCNc1cc(NCCOc2cccc(C)c2)ncn1. The van der Waals surface area contributed by atoms with Crippen molar-refractivity contribution in [2.75, 3.05) is 30.3 Å². The lowest BCUT2D eigenvalue weighted by atomic mass is 10.2. The smallest absolute Gasteiger partial charge is 0.131 e. The molecule has 0 bridgehead atoms. The number of rotatable bonds is 7. The molecule has 1 aromatic heterocycles. The van der Waals surface area contributed by atoms with Crippen molar-refractivity contribution in [3.63, 3.8) is 0 Å². The zero-order valence-electron chi connectivity index (χ0n) is 11.9. The number of hydrogen-bond donors (Lipinski definition) is 2. The fourth-order valence-corrected chi connectivity index (χ4v) is 1.78. The van der Waals surface area contributed by atoms with E-state index >= 15 is 0 Å². The van der Waals surface area contributed by atoms with E-state index in [1.807, 2.05) is 44.2 Å². The summed E-state index contributed by atoms with van der Waals surface area (Å²) in [4.78, 5) is 8.28. The topological polar surface area (TPSA) is 59.1 Å². The molecular weight excluding hydrogens is 252 g/mol. The second-order valence-corrected chi connectivity index (χ2v) is 4.41. The first-order valence-corrected chi connectivity index (χ1v) is 6.77. The van der Waals surface area contributed by atoms with Gasteiger partial charge in [0.2, 0.25) is 0 Å². The predicted molar refractivity (Wildman–Crippen MR) is 81.4 cm³/mol. The van der Waals surface area contributed by atoms with E-state index in [0.717, 1.165) is 23.9 Å². The quantitative estimate of drug-likeness (QED) is 0.759. The van der Waals surface area contributed by atoms with Crippen LogP contribution in [0.5, 0.6) is 5.75 Å². The van der Waals surface area contributed by atoms with E-state index in [-0.39, 0.29) is 0 Å². The minimum absolute atomic E-state index is 0.587. The summed E-state index contributed by atoms with van der Waals surface area (Å²) in [6.45, 7) is 6.20. The summed E-state index contributed by atoms with van der Waals surface area (Å²) in [6.07, 6.45) is 1.54. The van der Waals surface area contributed by atoms with Gasteiger partial charge in [0.1, 0.15) is 30.3 Å². The molecule has 0 aliphatic carbocycles. The molecule has 0 fully saturated rings. The lowest BCUT2D eigenvalue weighted by Gasteiger charge is -2.09. The maximum Gasteiger partial charge on any atom is 0.131 e. The lowest BCUT2D eigenvalue weighted by Crippen LogP contribution is -2.13. The Hall–Kier alpha value is -2.30. The highest BCUT2D eigenvalue weighted by Crippen LogP contribution is 2.12. The monoisotopic (exact) mass is 272 g/mol. The molecule has 5 heteroatoms. The summed E-state index contributed by atoms with van der Waals surface area (Å²) in [7, 11) is 0. The van der Waals surface area contributed by atoms with Crippen molar-refractivity contribution >= 4 is 11.6 Å². The predicted octanol–water partition coefficient (Wildman–Crippen LogP) is 2.71. The Morgan fingerprint density at radius 1 is 1.10 bits per heavy atom. The molecule has 0 saturated carbocycles. The number of hydrogen-bond acceptors (Lipinski definition) is 5. The Balaban J connectivity index is 1.77. The third kappa shape index (κ3) is 4.42. The molecule has 20 heavy (non-hydrogen) atoms. The molecule has 0 aliphatic heterocycles. The molecule has 1 heterocycles. The van der Waals surface area contributed by atoms with E-state index in [9.17, 15) is 0 Å². The largest absolute Gasteiger partial charge is 0.492 e. The van der Waals surface area contributed by atoms with E-state index < -0.39 is 0 Å². The molecular formula is C15H20N4O. The summed E-state index contributed by atoms with van der Waals surface area (Å²) in [5.41, 5.74) is 1.20. The molecule has 0 spiro atoms. The highest BCUT2D eigenvalue weighted by molar-refractivity contribution is 5.46. The van der Waals surface area contributed by atoms with Crippen molar-refractivity contribution in [2.45, 2.75) is 13.8 Å². The van der Waals surface area contributed by atoms with Crippen molar-refractivity contribution in [1.82, 2.24) is 9.97 Å². The molecule has 0 amide bonds. The first kappa shape index (κ1) is 14.1. The highest BCUT2D eigenvalue weighted by atomic mass is 16.5. The number of nitrogens with one attached hydrogen (secondary N) is 2. The molecule has 2 rings (SSSR count). The van der Waals surface area contributed by atoms with Crippen molar-refractivity contribution in [1.29, 1.82) is 0 Å². The van der Waals surface area contributed by atoms with Crippen LogP contribution in [0.25, 0.3) is 0 Å². The number of aromatic nitrogens is 2. The van der Waals surface area contributed by atoms with Crippen LogP contribution in [0.2, 0.25) is 0 Å². The van der Waals surface area contributed by atoms with E-state index in [2.05, 4.69) is 20.6 Å². The van der Waals surface area contributed by atoms with Crippen LogP contribution in [-0.2, 0) is 0 Å². The van der Waals surface area contributed by atoms with Gasteiger partial charge in [0.25, 0.3) is 0 Å². The Morgan fingerprint density at radius 3 is 2.65 bits per heavy atom. The van der Waals surface area contributed by atoms with Crippen LogP contribution >= 0.6 is 0 Å².